The van der Waals surface area contributed by atoms with Gasteiger partial charge in [0.25, 0.3) is 5.91 Å². The number of fused-ring (bicyclic) bond motifs is 2. The van der Waals surface area contributed by atoms with Crippen molar-refractivity contribution >= 4 is 93.4 Å². The van der Waals surface area contributed by atoms with Crippen molar-refractivity contribution in [3.05, 3.63) is 69.8 Å². The van der Waals surface area contributed by atoms with Gasteiger partial charge >= 0.3 is 0 Å². The topological polar surface area (TPSA) is 68.0 Å². The van der Waals surface area contributed by atoms with Gasteiger partial charge in [-0.15, -0.1) is 11.3 Å². The Morgan fingerprint density at radius 2 is 2.13 bits per heavy atom. The highest BCUT2D eigenvalue weighted by molar-refractivity contribution is 14.2. The third-order valence-electron chi connectivity index (χ3n) is 4.38. The Morgan fingerprint density at radius 1 is 1.27 bits per heavy atom. The van der Waals surface area contributed by atoms with Crippen molar-refractivity contribution in [3.8, 4) is 11.5 Å². The van der Waals surface area contributed by atoms with Gasteiger partial charge in [0.15, 0.2) is 5.58 Å². The molecule has 0 unspecified atom stereocenters. The van der Waals surface area contributed by atoms with Crippen LogP contribution in [-0.4, -0.2) is 19.9 Å². The van der Waals surface area contributed by atoms with Crippen LogP contribution in [0.3, 0.4) is 0 Å². The van der Waals surface area contributed by atoms with Crippen LogP contribution in [0.15, 0.2) is 44.5 Å². The molecule has 150 valence electrons. The molecular weight excluding hydrogens is 648 g/mol. The van der Waals surface area contributed by atoms with E-state index in [9.17, 15) is 4.79 Å². The van der Waals surface area contributed by atoms with Gasteiger partial charge in [-0.1, -0.05) is 38.4 Å². The number of carbonyl (C=O) groups excluding carboxylic acids is 1. The minimum atomic E-state index is -0.397. The average molecular weight is 660 g/mol. The summed E-state index contributed by atoms with van der Waals surface area (Å²) in [6.07, 6.45) is 1.98. The first kappa shape index (κ1) is 20.3. The molecule has 0 spiro atoms. The molecule has 1 aliphatic rings. The first-order valence-electron chi connectivity index (χ1n) is 8.80. The van der Waals surface area contributed by atoms with E-state index >= 15 is 0 Å². The van der Waals surface area contributed by atoms with E-state index in [4.69, 9.17) is 16.0 Å². The predicted molar refractivity (Wildman–Crippen MR) is 139 cm³/mol. The van der Waals surface area contributed by atoms with E-state index in [1.54, 1.807) is 35.6 Å². The first-order valence-corrected chi connectivity index (χ1v) is 13.4. The minimum absolute atomic E-state index is 0.163. The summed E-state index contributed by atoms with van der Waals surface area (Å²) in [5.74, 6) is 0.281. The fourth-order valence-electron chi connectivity index (χ4n) is 3.02. The molecule has 0 saturated heterocycles. The molecule has 1 aliphatic heterocycles. The molecule has 0 saturated carbocycles. The number of rotatable bonds is 3. The van der Waals surface area contributed by atoms with E-state index in [1.807, 2.05) is 25.1 Å². The fourth-order valence-corrected chi connectivity index (χ4v) is 7.37. The summed E-state index contributed by atoms with van der Waals surface area (Å²) in [5, 5.41) is 4.64. The Kier molecular flexibility index (Phi) is 5.50. The molecule has 0 bridgehead atoms. The highest BCUT2D eigenvalue weighted by Gasteiger charge is 2.17. The first-order chi connectivity index (χ1) is 14.5. The van der Waals surface area contributed by atoms with Gasteiger partial charge in [0.05, 0.1) is 29.9 Å². The van der Waals surface area contributed by atoms with Crippen molar-refractivity contribution in [3.63, 3.8) is 0 Å². The lowest BCUT2D eigenvalue weighted by atomic mass is 10.2. The summed E-state index contributed by atoms with van der Waals surface area (Å²) < 4.78 is 9.98. The van der Waals surface area contributed by atoms with Gasteiger partial charge in [-0.05, 0) is 69.9 Å². The molecule has 2 aromatic carbocycles. The number of amides is 1. The lowest BCUT2D eigenvalue weighted by molar-refractivity contribution is 0.0970. The van der Waals surface area contributed by atoms with E-state index < -0.39 is 20.7 Å². The zero-order valence-corrected chi connectivity index (χ0v) is 21.3. The van der Waals surface area contributed by atoms with Crippen LogP contribution in [0.4, 0.5) is 0 Å². The zero-order valence-electron chi connectivity index (χ0n) is 15.4. The van der Waals surface area contributed by atoms with Crippen molar-refractivity contribution in [1.82, 2.24) is 15.3 Å². The Balaban J connectivity index is 1.43. The molecule has 2 aromatic heterocycles. The van der Waals surface area contributed by atoms with Gasteiger partial charge in [0.2, 0.25) is 5.89 Å². The number of hydrogen-bond donors (Lipinski definition) is 1. The summed E-state index contributed by atoms with van der Waals surface area (Å²) >= 11 is 9.83. The van der Waals surface area contributed by atoms with Crippen molar-refractivity contribution in [2.45, 2.75) is 6.92 Å². The molecule has 0 aliphatic carbocycles. The van der Waals surface area contributed by atoms with Crippen LogP contribution >= 0.6 is 66.3 Å². The quantitative estimate of drug-likeness (QED) is 0.205. The van der Waals surface area contributed by atoms with Crippen LogP contribution in [0, 0.1) is 10.5 Å². The summed E-state index contributed by atoms with van der Waals surface area (Å²) in [7, 11) is 0. The standard InChI is InChI=1S/C21H12ClI2N3O2S/c1-10-25-15-8-18(24-9-17(15)30-10)27-20(28)11-5-6-16-14(7-11)26-21(29-16)19-12(22)3-2-4-13(19)23/h2-9H,1H3,(H,27,28). The Bertz CT molecular complexity index is 1370. The normalized spacial score (nSPS) is 13.0. The molecule has 1 amide bonds. The highest BCUT2D eigenvalue weighted by Crippen LogP contribution is 2.34. The molecule has 9 heteroatoms. The molecule has 4 aromatic rings. The molecule has 3 heterocycles. The maximum atomic E-state index is 12.8. The molecular formula is C21H12ClI2N3O2S. The van der Waals surface area contributed by atoms with Crippen molar-refractivity contribution < 1.29 is 9.21 Å². The van der Waals surface area contributed by atoms with Gasteiger partial charge in [-0.25, -0.2) is 9.97 Å². The molecule has 0 radical (unpaired) electrons. The maximum Gasteiger partial charge on any atom is 0.256 e. The van der Waals surface area contributed by atoms with Gasteiger partial charge < -0.3 is 9.73 Å². The molecule has 0 fully saturated rings. The number of oxazole rings is 1. The average Bonchev–Trinajstić information content (AvgIpc) is 3.29. The lowest BCUT2D eigenvalue weighted by Crippen LogP contribution is -2.20. The number of benzene rings is 2. The number of nitrogens with zero attached hydrogens (tertiary/aromatic N) is 2. The Morgan fingerprint density at radius 3 is 2.97 bits per heavy atom. The van der Waals surface area contributed by atoms with Crippen LogP contribution in [0.2, 0.25) is 5.02 Å². The smallest absolute Gasteiger partial charge is 0.256 e. The van der Waals surface area contributed by atoms with Crippen LogP contribution in [0.25, 0.3) is 28.6 Å². The van der Waals surface area contributed by atoms with Gasteiger partial charge in [-0.3, -0.25) is 4.79 Å². The number of hydrogen-bond acceptors (Lipinski definition) is 5. The summed E-state index contributed by atoms with van der Waals surface area (Å²) in [6, 6.07) is 10.9. The predicted octanol–water partition coefficient (Wildman–Crippen LogP) is 6.38. The van der Waals surface area contributed by atoms with E-state index in [2.05, 4.69) is 41.9 Å². The van der Waals surface area contributed by atoms with Crippen LogP contribution in [0.1, 0.15) is 25.9 Å². The third kappa shape index (κ3) is 3.85. The summed E-state index contributed by atoms with van der Waals surface area (Å²) in [6.45, 7) is 1.99. The number of carbonyl (C=O) groups is 1. The van der Waals surface area contributed by atoms with E-state index in [0.29, 0.717) is 27.6 Å². The van der Waals surface area contributed by atoms with Gasteiger partial charge in [0, 0.05) is 9.13 Å². The van der Waals surface area contributed by atoms with E-state index in [0.717, 1.165) is 23.5 Å². The van der Waals surface area contributed by atoms with Crippen molar-refractivity contribution in [2.24, 2.45) is 0 Å². The molecule has 0 atom stereocenters. The summed E-state index contributed by atoms with van der Waals surface area (Å²) in [5.41, 5.74) is 3.44. The van der Waals surface area contributed by atoms with Crippen LogP contribution in [0.5, 0.6) is 0 Å². The maximum absolute atomic E-state index is 12.8. The summed E-state index contributed by atoms with van der Waals surface area (Å²) in [4.78, 5) is 23.1. The van der Waals surface area contributed by atoms with E-state index in [-0.39, 0.29) is 5.91 Å². The van der Waals surface area contributed by atoms with Crippen LogP contribution in [-0.2, 0) is 0 Å². The monoisotopic (exact) mass is 659 g/mol. The SMILES string of the molecule is Cc1nc2c(s1)C=IC(NC(=O)c1ccc3oc(-c4c(Cl)cccc4I)nc3c1)=C2. The molecule has 5 nitrogen and oxygen atoms in total. The zero-order chi connectivity index (χ0) is 20.8. The number of halogens is 3. The number of aromatic nitrogens is 2. The molecule has 30 heavy (non-hydrogen) atoms. The second-order valence-corrected chi connectivity index (χ2v) is 11.7. The second kappa shape index (κ2) is 8.13. The van der Waals surface area contributed by atoms with Gasteiger partial charge in [0.1, 0.15) is 5.52 Å². The number of nitrogens with one attached hydrogen (secondary N) is 1. The third-order valence-corrected chi connectivity index (χ3v) is 9.14. The highest BCUT2D eigenvalue weighted by atomic mass is 127. The van der Waals surface area contributed by atoms with Crippen LogP contribution < -0.4 is 5.32 Å². The second-order valence-electron chi connectivity index (χ2n) is 6.45. The number of aryl methyl sites for hydroxylation is 1. The van der Waals surface area contributed by atoms with Gasteiger partial charge in [-0.2, -0.15) is 0 Å². The lowest BCUT2D eigenvalue weighted by Gasteiger charge is -2.08. The number of thiazole rings is 1. The molecule has 1 N–H and O–H groups in total. The fraction of sp³-hybridized carbons (Fsp3) is 0.0476. The largest absolute Gasteiger partial charge is 0.436 e. The van der Waals surface area contributed by atoms with Crippen molar-refractivity contribution in [1.29, 1.82) is 0 Å². The van der Waals surface area contributed by atoms with E-state index in [1.165, 1.54) is 4.88 Å². The Labute approximate surface area is 204 Å². The molecule has 5 rings (SSSR count). The minimum Gasteiger partial charge on any atom is -0.436 e. The Hall–Kier alpha value is -1.63. The van der Waals surface area contributed by atoms with Crippen molar-refractivity contribution in [2.75, 3.05) is 0 Å².